The van der Waals surface area contributed by atoms with E-state index >= 15 is 0 Å². The second-order valence-electron chi connectivity index (χ2n) is 5.29. The molecule has 0 aliphatic carbocycles. The summed E-state index contributed by atoms with van der Waals surface area (Å²) in [5.41, 5.74) is 0.0243. The number of nitrogens with zero attached hydrogens (tertiary/aromatic N) is 2. The minimum atomic E-state index is -0.578. The van der Waals surface area contributed by atoms with Crippen LogP contribution in [0.3, 0.4) is 0 Å². The molecule has 2 aromatic rings. The molecule has 1 aliphatic rings. The zero-order chi connectivity index (χ0) is 15.5. The standard InChI is InChI=1S/C16H15N3O3/c17-9-12-5-3-7-19(12)10-15(20)18-13-8-11-4-1-2-6-14(11)22-16(13)21/h1-2,4,6,8,12H,3,5,7,10H2,(H,18,20)/t12-/m1/s1. The number of fused-ring (bicyclic) bond motifs is 1. The lowest BCUT2D eigenvalue weighted by Gasteiger charge is -2.17. The second-order valence-corrected chi connectivity index (χ2v) is 5.29. The van der Waals surface area contributed by atoms with E-state index in [1.807, 2.05) is 11.0 Å². The Labute approximate surface area is 126 Å². The van der Waals surface area contributed by atoms with Gasteiger partial charge in [-0.3, -0.25) is 9.69 Å². The molecule has 22 heavy (non-hydrogen) atoms. The summed E-state index contributed by atoms with van der Waals surface area (Å²) < 4.78 is 5.17. The number of hydrogen-bond acceptors (Lipinski definition) is 5. The van der Waals surface area contributed by atoms with Gasteiger partial charge in [0.05, 0.1) is 18.7 Å². The molecule has 0 spiro atoms. The average Bonchev–Trinajstić information content (AvgIpc) is 2.95. The first-order chi connectivity index (χ1) is 10.7. The van der Waals surface area contributed by atoms with Crippen LogP contribution < -0.4 is 10.9 Å². The third-order valence-corrected chi connectivity index (χ3v) is 3.77. The minimum absolute atomic E-state index is 0.102. The highest BCUT2D eigenvalue weighted by atomic mass is 16.4. The van der Waals surface area contributed by atoms with Crippen LogP contribution in [-0.4, -0.2) is 29.9 Å². The Balaban J connectivity index is 1.75. The molecule has 1 saturated heterocycles. The van der Waals surface area contributed by atoms with Gasteiger partial charge in [-0.05, 0) is 25.0 Å². The third-order valence-electron chi connectivity index (χ3n) is 3.77. The van der Waals surface area contributed by atoms with Crippen LogP contribution in [0.1, 0.15) is 12.8 Å². The number of nitriles is 1. The summed E-state index contributed by atoms with van der Waals surface area (Å²) in [6, 6.07) is 10.7. The molecule has 1 amide bonds. The van der Waals surface area contributed by atoms with Crippen LogP contribution in [0.4, 0.5) is 5.69 Å². The molecule has 1 atom stereocenters. The molecule has 1 aromatic heterocycles. The van der Waals surface area contributed by atoms with Gasteiger partial charge in [0.2, 0.25) is 5.91 Å². The highest BCUT2D eigenvalue weighted by Gasteiger charge is 2.26. The highest BCUT2D eigenvalue weighted by molar-refractivity contribution is 5.93. The Bertz CT molecular complexity index is 806. The zero-order valence-electron chi connectivity index (χ0n) is 11.9. The average molecular weight is 297 g/mol. The van der Waals surface area contributed by atoms with Gasteiger partial charge >= 0.3 is 5.63 Å². The number of anilines is 1. The van der Waals surface area contributed by atoms with Gasteiger partial charge in [0.25, 0.3) is 0 Å². The van der Waals surface area contributed by atoms with E-state index in [1.165, 1.54) is 0 Å². The SMILES string of the molecule is N#C[C@H]1CCCN1CC(=O)Nc1cc2ccccc2oc1=O. The van der Waals surface area contributed by atoms with E-state index in [0.29, 0.717) is 5.58 Å². The molecule has 2 heterocycles. The smallest absolute Gasteiger partial charge is 0.360 e. The van der Waals surface area contributed by atoms with Crippen molar-refractivity contribution >= 4 is 22.6 Å². The molecular weight excluding hydrogens is 282 g/mol. The van der Waals surface area contributed by atoms with Gasteiger partial charge in [0, 0.05) is 11.9 Å². The van der Waals surface area contributed by atoms with Crippen molar-refractivity contribution in [3.05, 3.63) is 40.8 Å². The van der Waals surface area contributed by atoms with Gasteiger partial charge in [-0.15, -0.1) is 0 Å². The van der Waals surface area contributed by atoms with Gasteiger partial charge in [-0.1, -0.05) is 18.2 Å². The maximum absolute atomic E-state index is 12.1. The zero-order valence-corrected chi connectivity index (χ0v) is 11.9. The predicted molar refractivity (Wildman–Crippen MR) is 81.3 cm³/mol. The number of nitrogens with one attached hydrogen (secondary N) is 1. The summed E-state index contributed by atoms with van der Waals surface area (Å²) in [7, 11) is 0. The van der Waals surface area contributed by atoms with Gasteiger partial charge in [0.15, 0.2) is 0 Å². The first-order valence-electron chi connectivity index (χ1n) is 7.14. The molecule has 3 rings (SSSR count). The van der Waals surface area contributed by atoms with Crippen molar-refractivity contribution in [3.63, 3.8) is 0 Å². The van der Waals surface area contributed by atoms with Crippen LogP contribution in [0.5, 0.6) is 0 Å². The van der Waals surface area contributed by atoms with E-state index in [1.54, 1.807) is 24.3 Å². The van der Waals surface area contributed by atoms with Crippen LogP contribution in [-0.2, 0) is 4.79 Å². The first kappa shape index (κ1) is 14.3. The topological polar surface area (TPSA) is 86.3 Å². The summed E-state index contributed by atoms with van der Waals surface area (Å²) in [5.74, 6) is -0.315. The molecule has 1 fully saturated rings. The Morgan fingerprint density at radius 1 is 1.45 bits per heavy atom. The van der Waals surface area contributed by atoms with Crippen LogP contribution in [0, 0.1) is 11.3 Å². The molecule has 6 nitrogen and oxygen atoms in total. The van der Waals surface area contributed by atoms with E-state index in [-0.39, 0.29) is 24.2 Å². The van der Waals surface area contributed by atoms with Crippen LogP contribution in [0.2, 0.25) is 0 Å². The summed E-state index contributed by atoms with van der Waals surface area (Å²) in [4.78, 5) is 25.8. The molecule has 6 heteroatoms. The maximum Gasteiger partial charge on any atom is 0.360 e. The summed E-state index contributed by atoms with van der Waals surface area (Å²) in [6.45, 7) is 0.822. The van der Waals surface area contributed by atoms with Crippen molar-refractivity contribution in [2.45, 2.75) is 18.9 Å². The fraction of sp³-hybridized carbons (Fsp3) is 0.312. The Hall–Kier alpha value is -2.65. The number of carbonyl (C=O) groups excluding carboxylic acids is 1. The van der Waals surface area contributed by atoms with Crippen molar-refractivity contribution in [2.75, 3.05) is 18.4 Å². The Kier molecular flexibility index (Phi) is 3.90. The van der Waals surface area contributed by atoms with Crippen molar-refractivity contribution in [2.24, 2.45) is 0 Å². The van der Waals surface area contributed by atoms with Crippen LogP contribution >= 0.6 is 0 Å². The number of para-hydroxylation sites is 1. The molecule has 0 bridgehead atoms. The third kappa shape index (κ3) is 2.85. The van der Waals surface area contributed by atoms with Crippen molar-refractivity contribution in [1.82, 2.24) is 4.90 Å². The van der Waals surface area contributed by atoms with Gasteiger partial charge < -0.3 is 9.73 Å². The Morgan fingerprint density at radius 2 is 2.27 bits per heavy atom. The van der Waals surface area contributed by atoms with E-state index < -0.39 is 5.63 Å². The molecule has 0 radical (unpaired) electrons. The van der Waals surface area contributed by atoms with Crippen LogP contribution in [0.25, 0.3) is 11.0 Å². The lowest BCUT2D eigenvalue weighted by Crippen LogP contribution is -2.36. The highest BCUT2D eigenvalue weighted by Crippen LogP contribution is 2.17. The van der Waals surface area contributed by atoms with Gasteiger partial charge in [0.1, 0.15) is 11.3 Å². The normalized spacial score (nSPS) is 18.2. The van der Waals surface area contributed by atoms with Gasteiger partial charge in [-0.2, -0.15) is 5.26 Å². The van der Waals surface area contributed by atoms with E-state index in [9.17, 15) is 9.59 Å². The molecule has 0 unspecified atom stereocenters. The lowest BCUT2D eigenvalue weighted by atomic mass is 10.2. The van der Waals surface area contributed by atoms with Gasteiger partial charge in [-0.25, -0.2) is 4.79 Å². The monoisotopic (exact) mass is 297 g/mol. The number of likely N-dealkylation sites (tertiary alicyclic amines) is 1. The number of carbonyl (C=O) groups is 1. The van der Waals surface area contributed by atoms with E-state index in [2.05, 4.69) is 11.4 Å². The number of benzene rings is 1. The minimum Gasteiger partial charge on any atom is -0.421 e. The van der Waals surface area contributed by atoms with Crippen molar-refractivity contribution < 1.29 is 9.21 Å². The molecule has 0 saturated carbocycles. The van der Waals surface area contributed by atoms with Crippen molar-refractivity contribution in [1.29, 1.82) is 5.26 Å². The first-order valence-corrected chi connectivity index (χ1v) is 7.14. The Morgan fingerprint density at radius 3 is 3.09 bits per heavy atom. The molecular formula is C16H15N3O3. The van der Waals surface area contributed by atoms with Crippen LogP contribution in [0.15, 0.2) is 39.5 Å². The fourth-order valence-corrected chi connectivity index (χ4v) is 2.68. The fourth-order valence-electron chi connectivity index (χ4n) is 2.68. The molecule has 1 aliphatic heterocycles. The number of rotatable bonds is 3. The van der Waals surface area contributed by atoms with Crippen molar-refractivity contribution in [3.8, 4) is 6.07 Å². The lowest BCUT2D eigenvalue weighted by molar-refractivity contribution is -0.117. The second kappa shape index (κ2) is 6.00. The summed E-state index contributed by atoms with van der Waals surface area (Å²) in [6.07, 6.45) is 1.69. The van der Waals surface area contributed by atoms with E-state index in [4.69, 9.17) is 9.68 Å². The number of hydrogen-bond donors (Lipinski definition) is 1. The maximum atomic E-state index is 12.1. The molecule has 112 valence electrons. The summed E-state index contributed by atoms with van der Waals surface area (Å²) in [5, 5.41) is 12.3. The molecule has 1 aromatic carbocycles. The quantitative estimate of drug-likeness (QED) is 0.872. The number of amides is 1. The summed E-state index contributed by atoms with van der Waals surface area (Å²) >= 11 is 0. The molecule has 1 N–H and O–H groups in total. The predicted octanol–water partition coefficient (Wildman–Crippen LogP) is 1.72. The largest absolute Gasteiger partial charge is 0.421 e. The van der Waals surface area contributed by atoms with E-state index in [0.717, 1.165) is 24.8 Å².